The minimum absolute atomic E-state index is 0.0442. The zero-order valence-electron chi connectivity index (χ0n) is 18.6. The van der Waals surface area contributed by atoms with Crippen molar-refractivity contribution >= 4 is 21.7 Å². The number of hydrogen-bond acceptors (Lipinski definition) is 4. The number of amides is 2. The summed E-state index contributed by atoms with van der Waals surface area (Å²) in [6, 6.07) is 0.261. The molecule has 7 heteroatoms. The summed E-state index contributed by atoms with van der Waals surface area (Å²) in [5.74, 6) is 1.31. The summed E-state index contributed by atoms with van der Waals surface area (Å²) in [5.41, 5.74) is 0. The van der Waals surface area contributed by atoms with Gasteiger partial charge in [-0.05, 0) is 63.7 Å². The molecule has 0 radical (unpaired) electrons. The van der Waals surface area contributed by atoms with Crippen LogP contribution in [0.3, 0.4) is 0 Å². The van der Waals surface area contributed by atoms with E-state index in [2.05, 4.69) is 11.8 Å². The van der Waals surface area contributed by atoms with Gasteiger partial charge in [0.25, 0.3) is 0 Å². The number of nitrogens with zero attached hydrogens (tertiary/aromatic N) is 2. The molecule has 29 heavy (non-hydrogen) atoms. The highest BCUT2D eigenvalue weighted by atomic mass is 32.2. The number of hydrogen-bond donors (Lipinski definition) is 0. The van der Waals surface area contributed by atoms with Crippen LogP contribution in [-0.2, 0) is 19.4 Å². The van der Waals surface area contributed by atoms with Gasteiger partial charge in [0.1, 0.15) is 9.84 Å². The Morgan fingerprint density at radius 2 is 1.52 bits per heavy atom. The Labute approximate surface area is 176 Å². The van der Waals surface area contributed by atoms with E-state index in [0.29, 0.717) is 18.4 Å². The molecule has 3 fully saturated rings. The monoisotopic (exact) mass is 426 g/mol. The van der Waals surface area contributed by atoms with Crippen LogP contribution in [0.5, 0.6) is 0 Å². The zero-order chi connectivity index (χ0) is 21.5. The molecule has 2 aliphatic carbocycles. The SMILES string of the molecule is CC(=O)N1C2CCC(C3CCC(S(C)(=O)=O)CC3)CC2N(C(=O)C(C)C)C[C@@H]1C. The summed E-state index contributed by atoms with van der Waals surface area (Å²) in [7, 11) is -2.95. The lowest BCUT2D eigenvalue weighted by molar-refractivity contribution is -0.156. The standard InChI is InChI=1S/C22H38N2O4S/c1-14(2)22(26)23-13-15(3)24(16(4)25)20-11-8-18(12-21(20)23)17-6-9-19(10-7-17)29(5,27)28/h14-15,17-21H,6-13H2,1-5H3/t15-,17?,18?,19?,20?,21?/m0/s1. The maximum atomic E-state index is 13.0. The maximum Gasteiger partial charge on any atom is 0.225 e. The third-order valence-electron chi connectivity index (χ3n) is 7.65. The van der Waals surface area contributed by atoms with Crippen LogP contribution in [0.4, 0.5) is 0 Å². The highest BCUT2D eigenvalue weighted by Gasteiger charge is 2.47. The summed E-state index contributed by atoms with van der Waals surface area (Å²) in [6.07, 6.45) is 7.75. The van der Waals surface area contributed by atoms with Crippen molar-refractivity contribution in [2.45, 2.75) is 96.0 Å². The number of carbonyl (C=O) groups excluding carboxylic acids is 2. The second-order valence-corrected chi connectivity index (χ2v) is 12.3. The van der Waals surface area contributed by atoms with Gasteiger partial charge in [-0.1, -0.05) is 13.8 Å². The van der Waals surface area contributed by atoms with E-state index in [1.807, 2.05) is 18.7 Å². The van der Waals surface area contributed by atoms with Crippen molar-refractivity contribution in [1.29, 1.82) is 0 Å². The van der Waals surface area contributed by atoms with Gasteiger partial charge in [0.2, 0.25) is 11.8 Å². The van der Waals surface area contributed by atoms with E-state index in [1.54, 1.807) is 6.92 Å². The molecule has 3 rings (SSSR count). The number of rotatable bonds is 3. The molecule has 3 unspecified atom stereocenters. The first-order valence-corrected chi connectivity index (χ1v) is 13.2. The molecular formula is C22H38N2O4S. The van der Waals surface area contributed by atoms with Gasteiger partial charge >= 0.3 is 0 Å². The van der Waals surface area contributed by atoms with Gasteiger partial charge in [-0.2, -0.15) is 0 Å². The quantitative estimate of drug-likeness (QED) is 0.695. The highest BCUT2D eigenvalue weighted by Crippen LogP contribution is 2.43. The molecule has 0 aromatic heterocycles. The van der Waals surface area contributed by atoms with Crippen LogP contribution >= 0.6 is 0 Å². The first-order valence-electron chi connectivity index (χ1n) is 11.3. The van der Waals surface area contributed by atoms with Crippen molar-refractivity contribution in [3.8, 4) is 0 Å². The predicted octanol–water partition coefficient (Wildman–Crippen LogP) is 2.86. The van der Waals surface area contributed by atoms with E-state index in [9.17, 15) is 18.0 Å². The zero-order valence-corrected chi connectivity index (χ0v) is 19.5. The van der Waals surface area contributed by atoms with E-state index in [0.717, 1.165) is 44.9 Å². The predicted molar refractivity (Wildman–Crippen MR) is 114 cm³/mol. The molecule has 2 amide bonds. The highest BCUT2D eigenvalue weighted by molar-refractivity contribution is 7.91. The fourth-order valence-electron chi connectivity index (χ4n) is 6.20. The number of sulfone groups is 1. The van der Waals surface area contributed by atoms with Crippen LogP contribution < -0.4 is 0 Å². The van der Waals surface area contributed by atoms with Crippen molar-refractivity contribution in [3.63, 3.8) is 0 Å². The van der Waals surface area contributed by atoms with E-state index < -0.39 is 9.84 Å². The first-order chi connectivity index (χ1) is 13.5. The van der Waals surface area contributed by atoms with Crippen LogP contribution in [0, 0.1) is 17.8 Å². The van der Waals surface area contributed by atoms with Crippen molar-refractivity contribution < 1.29 is 18.0 Å². The Balaban J connectivity index is 1.75. The molecule has 4 atom stereocenters. The Hall–Kier alpha value is -1.11. The molecule has 0 aromatic rings. The number of fused-ring (bicyclic) bond motifs is 1. The molecule has 166 valence electrons. The summed E-state index contributed by atoms with van der Waals surface area (Å²) in [5, 5.41) is -0.183. The lowest BCUT2D eigenvalue weighted by Gasteiger charge is -2.55. The molecule has 2 saturated carbocycles. The average Bonchev–Trinajstić information content (AvgIpc) is 2.65. The van der Waals surface area contributed by atoms with E-state index >= 15 is 0 Å². The normalized spacial score (nSPS) is 36.1. The van der Waals surface area contributed by atoms with E-state index in [-0.39, 0.29) is 41.1 Å². The van der Waals surface area contributed by atoms with Gasteiger partial charge in [0.15, 0.2) is 0 Å². The minimum atomic E-state index is -2.95. The molecular weight excluding hydrogens is 388 g/mol. The van der Waals surface area contributed by atoms with Crippen molar-refractivity contribution in [1.82, 2.24) is 9.80 Å². The van der Waals surface area contributed by atoms with Gasteiger partial charge < -0.3 is 9.80 Å². The lowest BCUT2D eigenvalue weighted by atomic mass is 9.69. The molecule has 3 aliphatic rings. The Morgan fingerprint density at radius 1 is 0.931 bits per heavy atom. The topological polar surface area (TPSA) is 74.8 Å². The molecule has 0 N–H and O–H groups in total. The smallest absolute Gasteiger partial charge is 0.225 e. The second-order valence-electron chi connectivity index (χ2n) is 9.99. The molecule has 6 nitrogen and oxygen atoms in total. The summed E-state index contributed by atoms with van der Waals surface area (Å²) >= 11 is 0. The fourth-order valence-corrected chi connectivity index (χ4v) is 7.33. The summed E-state index contributed by atoms with van der Waals surface area (Å²) < 4.78 is 23.8. The molecule has 0 aromatic carbocycles. The van der Waals surface area contributed by atoms with Gasteiger partial charge in [0.05, 0.1) is 17.3 Å². The Kier molecular flexibility index (Phi) is 6.66. The second kappa shape index (κ2) is 8.56. The minimum Gasteiger partial charge on any atom is -0.335 e. The first kappa shape index (κ1) is 22.6. The fraction of sp³-hybridized carbons (Fsp3) is 0.909. The van der Waals surface area contributed by atoms with Gasteiger partial charge in [0, 0.05) is 31.7 Å². The average molecular weight is 427 g/mol. The molecule has 0 spiro atoms. The van der Waals surface area contributed by atoms with Crippen LogP contribution in [0.15, 0.2) is 0 Å². The molecule has 1 heterocycles. The third kappa shape index (κ3) is 4.64. The van der Waals surface area contributed by atoms with Crippen LogP contribution in [-0.4, -0.2) is 66.2 Å². The molecule has 1 saturated heterocycles. The van der Waals surface area contributed by atoms with Crippen molar-refractivity contribution in [2.75, 3.05) is 12.8 Å². The van der Waals surface area contributed by atoms with Gasteiger partial charge in [-0.3, -0.25) is 9.59 Å². The molecule has 0 bridgehead atoms. The maximum absolute atomic E-state index is 13.0. The summed E-state index contributed by atoms with van der Waals surface area (Å²) in [4.78, 5) is 29.4. The van der Waals surface area contributed by atoms with Gasteiger partial charge in [-0.25, -0.2) is 8.42 Å². The Morgan fingerprint density at radius 3 is 2.03 bits per heavy atom. The number of piperazine rings is 1. The van der Waals surface area contributed by atoms with Crippen LogP contribution in [0.25, 0.3) is 0 Å². The van der Waals surface area contributed by atoms with Crippen LogP contribution in [0.2, 0.25) is 0 Å². The molecule has 1 aliphatic heterocycles. The Bertz CT molecular complexity index is 727. The van der Waals surface area contributed by atoms with E-state index in [4.69, 9.17) is 0 Å². The van der Waals surface area contributed by atoms with Crippen molar-refractivity contribution in [3.05, 3.63) is 0 Å². The van der Waals surface area contributed by atoms with Crippen molar-refractivity contribution in [2.24, 2.45) is 17.8 Å². The summed E-state index contributed by atoms with van der Waals surface area (Å²) in [6.45, 7) is 8.21. The van der Waals surface area contributed by atoms with Crippen LogP contribution in [0.1, 0.15) is 72.6 Å². The lowest BCUT2D eigenvalue weighted by Crippen LogP contribution is -2.67. The van der Waals surface area contributed by atoms with E-state index in [1.165, 1.54) is 6.26 Å². The third-order valence-corrected chi connectivity index (χ3v) is 9.33. The largest absolute Gasteiger partial charge is 0.335 e. The van der Waals surface area contributed by atoms with Gasteiger partial charge in [-0.15, -0.1) is 0 Å². The number of carbonyl (C=O) groups is 2.